The van der Waals surface area contributed by atoms with Gasteiger partial charge in [-0.3, -0.25) is 0 Å². The van der Waals surface area contributed by atoms with Gasteiger partial charge in [0.25, 0.3) is 0 Å². The Kier molecular flexibility index (Phi) is 4.23. The molecule has 0 saturated heterocycles. The molecule has 1 heterocycles. The number of halogens is 5. The fourth-order valence-electron chi connectivity index (χ4n) is 2.24. The highest BCUT2D eigenvalue weighted by molar-refractivity contribution is 6.31. The Labute approximate surface area is 138 Å². The maximum Gasteiger partial charge on any atom is 0.417 e. The van der Waals surface area contributed by atoms with E-state index in [1.807, 2.05) is 0 Å². The van der Waals surface area contributed by atoms with E-state index in [1.54, 1.807) is 0 Å². The molecule has 0 aliphatic carbocycles. The Balaban J connectivity index is 2.03. The van der Waals surface area contributed by atoms with Crippen LogP contribution < -0.4 is 0 Å². The molecule has 0 N–H and O–H groups in total. The maximum atomic E-state index is 13.2. The molecule has 0 radical (unpaired) electrons. The molecule has 0 aliphatic rings. The summed E-state index contributed by atoms with van der Waals surface area (Å²) in [5, 5.41) is 11.0. The Morgan fingerprint density at radius 1 is 1.08 bits per heavy atom. The lowest BCUT2D eigenvalue weighted by Gasteiger charge is -2.12. The van der Waals surface area contributed by atoms with Gasteiger partial charge in [-0.25, -0.2) is 9.07 Å². The van der Waals surface area contributed by atoms with E-state index in [1.165, 1.54) is 35.0 Å². The molecule has 0 amide bonds. The van der Waals surface area contributed by atoms with Crippen LogP contribution >= 0.6 is 11.6 Å². The zero-order chi connectivity index (χ0) is 17.3. The summed E-state index contributed by atoms with van der Waals surface area (Å²) in [5.41, 5.74) is -0.504. The molecule has 0 fully saturated rings. The molecule has 0 spiro atoms. The molecule has 3 rings (SSSR count). The van der Waals surface area contributed by atoms with Crippen molar-refractivity contribution in [1.82, 2.24) is 20.2 Å². The SMILES string of the molecule is Fc1ccc(Cn2nnnc2-c2ccccc2C(F)(F)F)c(Cl)c1. The second-order valence-electron chi connectivity index (χ2n) is 4.94. The van der Waals surface area contributed by atoms with Crippen LogP contribution in [0.4, 0.5) is 17.6 Å². The summed E-state index contributed by atoms with van der Waals surface area (Å²) < 4.78 is 53.8. The van der Waals surface area contributed by atoms with E-state index in [4.69, 9.17) is 11.6 Å². The van der Waals surface area contributed by atoms with Gasteiger partial charge in [-0.2, -0.15) is 13.2 Å². The van der Waals surface area contributed by atoms with Crippen molar-refractivity contribution >= 4 is 11.6 Å². The lowest BCUT2D eigenvalue weighted by molar-refractivity contribution is -0.137. The molecule has 0 atom stereocenters. The smallest absolute Gasteiger partial charge is 0.221 e. The molecule has 0 unspecified atom stereocenters. The van der Waals surface area contributed by atoms with E-state index >= 15 is 0 Å². The van der Waals surface area contributed by atoms with Crippen LogP contribution in [0.25, 0.3) is 11.4 Å². The summed E-state index contributed by atoms with van der Waals surface area (Å²) in [6.45, 7) is 0.00758. The average molecular weight is 357 g/mol. The first-order valence-corrected chi connectivity index (χ1v) is 7.11. The van der Waals surface area contributed by atoms with E-state index in [9.17, 15) is 17.6 Å². The van der Waals surface area contributed by atoms with Crippen molar-refractivity contribution in [1.29, 1.82) is 0 Å². The number of rotatable bonds is 3. The fraction of sp³-hybridized carbons (Fsp3) is 0.133. The summed E-state index contributed by atoms with van der Waals surface area (Å²) in [6.07, 6.45) is -4.54. The highest BCUT2D eigenvalue weighted by Crippen LogP contribution is 2.36. The first-order valence-electron chi connectivity index (χ1n) is 6.73. The van der Waals surface area contributed by atoms with Crippen LogP contribution in [0.3, 0.4) is 0 Å². The maximum absolute atomic E-state index is 13.2. The van der Waals surface area contributed by atoms with Crippen molar-refractivity contribution in [2.24, 2.45) is 0 Å². The van der Waals surface area contributed by atoms with Gasteiger partial charge in [0.2, 0.25) is 0 Å². The van der Waals surface area contributed by atoms with Gasteiger partial charge in [0.05, 0.1) is 12.1 Å². The number of hydrogen-bond donors (Lipinski definition) is 0. The number of nitrogens with zero attached hydrogens (tertiary/aromatic N) is 4. The summed E-state index contributed by atoms with van der Waals surface area (Å²) >= 11 is 5.95. The number of hydrogen-bond acceptors (Lipinski definition) is 3. The van der Waals surface area contributed by atoms with Crippen molar-refractivity contribution in [3.8, 4) is 11.4 Å². The van der Waals surface area contributed by atoms with E-state index in [0.717, 1.165) is 12.1 Å². The topological polar surface area (TPSA) is 43.6 Å². The quantitative estimate of drug-likeness (QED) is 0.661. The van der Waals surface area contributed by atoms with Crippen LogP contribution in [0.1, 0.15) is 11.1 Å². The molecule has 124 valence electrons. The normalized spacial score (nSPS) is 11.7. The van der Waals surface area contributed by atoms with Crippen molar-refractivity contribution in [3.05, 3.63) is 64.4 Å². The number of tetrazole rings is 1. The zero-order valence-corrected chi connectivity index (χ0v) is 12.7. The van der Waals surface area contributed by atoms with Gasteiger partial charge < -0.3 is 0 Å². The van der Waals surface area contributed by atoms with E-state index in [2.05, 4.69) is 15.5 Å². The zero-order valence-electron chi connectivity index (χ0n) is 11.9. The molecule has 9 heteroatoms. The molecular formula is C15H9ClF4N4. The highest BCUT2D eigenvalue weighted by Gasteiger charge is 2.34. The van der Waals surface area contributed by atoms with Crippen LogP contribution in [-0.2, 0) is 12.7 Å². The highest BCUT2D eigenvalue weighted by atomic mass is 35.5. The number of alkyl halides is 3. The van der Waals surface area contributed by atoms with Crippen LogP contribution in [0, 0.1) is 5.82 Å². The van der Waals surface area contributed by atoms with Crippen LogP contribution in [0.15, 0.2) is 42.5 Å². The molecule has 0 saturated carbocycles. The van der Waals surface area contributed by atoms with Gasteiger partial charge in [0.15, 0.2) is 5.82 Å². The van der Waals surface area contributed by atoms with Gasteiger partial charge in [-0.05, 0) is 34.2 Å². The average Bonchev–Trinajstić information content (AvgIpc) is 2.97. The number of aromatic nitrogens is 4. The van der Waals surface area contributed by atoms with Crippen LogP contribution in [0.2, 0.25) is 5.02 Å². The third-order valence-electron chi connectivity index (χ3n) is 3.34. The van der Waals surface area contributed by atoms with Crippen molar-refractivity contribution in [2.45, 2.75) is 12.7 Å². The molecule has 4 nitrogen and oxygen atoms in total. The van der Waals surface area contributed by atoms with Crippen molar-refractivity contribution in [2.75, 3.05) is 0 Å². The first-order chi connectivity index (χ1) is 11.4. The number of benzene rings is 2. The van der Waals surface area contributed by atoms with Crippen molar-refractivity contribution in [3.63, 3.8) is 0 Å². The molecular weight excluding hydrogens is 348 g/mol. The standard InChI is InChI=1S/C15H9ClF4N4/c16-13-7-10(17)6-5-9(13)8-24-14(21-22-23-24)11-3-1-2-4-12(11)15(18,19)20/h1-7H,8H2. The molecule has 0 aliphatic heterocycles. The molecule has 3 aromatic rings. The van der Waals surface area contributed by atoms with E-state index < -0.39 is 17.6 Å². The first kappa shape index (κ1) is 16.4. The van der Waals surface area contributed by atoms with Crippen molar-refractivity contribution < 1.29 is 17.6 Å². The predicted octanol–water partition coefficient (Wildman–Crippen LogP) is 4.20. The Hall–Kier alpha value is -2.48. The summed E-state index contributed by atoms with van der Waals surface area (Å²) in [4.78, 5) is 0. The summed E-state index contributed by atoms with van der Waals surface area (Å²) in [5.74, 6) is -0.563. The third kappa shape index (κ3) is 3.23. The predicted molar refractivity (Wildman–Crippen MR) is 78.8 cm³/mol. The monoisotopic (exact) mass is 356 g/mol. The van der Waals surface area contributed by atoms with Gasteiger partial charge in [-0.1, -0.05) is 35.9 Å². The van der Waals surface area contributed by atoms with Crippen LogP contribution in [0.5, 0.6) is 0 Å². The minimum atomic E-state index is -4.54. The van der Waals surface area contributed by atoms with E-state index in [-0.39, 0.29) is 23.0 Å². The summed E-state index contributed by atoms with van der Waals surface area (Å²) in [6, 6.07) is 8.75. The van der Waals surface area contributed by atoms with E-state index in [0.29, 0.717) is 5.56 Å². The van der Waals surface area contributed by atoms with Gasteiger partial charge >= 0.3 is 6.18 Å². The lowest BCUT2D eigenvalue weighted by atomic mass is 10.1. The molecule has 2 aromatic carbocycles. The lowest BCUT2D eigenvalue weighted by Crippen LogP contribution is -2.10. The largest absolute Gasteiger partial charge is 0.417 e. The van der Waals surface area contributed by atoms with Gasteiger partial charge in [-0.15, -0.1) is 5.10 Å². The van der Waals surface area contributed by atoms with Gasteiger partial charge in [0, 0.05) is 10.6 Å². The minimum absolute atomic E-state index is 0.00758. The fourth-order valence-corrected chi connectivity index (χ4v) is 2.47. The second kappa shape index (κ2) is 6.20. The minimum Gasteiger partial charge on any atom is -0.221 e. The summed E-state index contributed by atoms with van der Waals surface area (Å²) in [7, 11) is 0. The Bertz CT molecular complexity index is 876. The second-order valence-corrected chi connectivity index (χ2v) is 5.35. The molecule has 24 heavy (non-hydrogen) atoms. The molecule has 0 bridgehead atoms. The van der Waals surface area contributed by atoms with Gasteiger partial charge in [0.1, 0.15) is 5.82 Å². The van der Waals surface area contributed by atoms with Crippen LogP contribution in [-0.4, -0.2) is 20.2 Å². The Morgan fingerprint density at radius 2 is 1.83 bits per heavy atom. The third-order valence-corrected chi connectivity index (χ3v) is 3.69. The Morgan fingerprint density at radius 3 is 2.54 bits per heavy atom. The molecule has 1 aromatic heterocycles.